The fourth-order valence-corrected chi connectivity index (χ4v) is 2.09. The van der Waals surface area contributed by atoms with E-state index in [0.29, 0.717) is 0 Å². The van der Waals surface area contributed by atoms with Gasteiger partial charge >= 0.3 is 0 Å². The van der Waals surface area contributed by atoms with Gasteiger partial charge in [0.2, 0.25) is 5.88 Å². The van der Waals surface area contributed by atoms with Crippen molar-refractivity contribution in [1.82, 2.24) is 4.98 Å². The zero-order valence-corrected chi connectivity index (χ0v) is 9.51. The minimum absolute atomic E-state index is 0.0646. The van der Waals surface area contributed by atoms with Crippen LogP contribution in [0.4, 0.5) is 5.69 Å². The van der Waals surface area contributed by atoms with E-state index in [1.54, 1.807) is 0 Å². The first-order valence-corrected chi connectivity index (χ1v) is 5.57. The molecule has 3 aromatic rings. The zero-order chi connectivity index (χ0) is 12.5. The van der Waals surface area contributed by atoms with Crippen molar-refractivity contribution < 1.29 is 5.11 Å². The summed E-state index contributed by atoms with van der Waals surface area (Å²) in [5.74, 6) is -0.0646. The van der Waals surface area contributed by atoms with Gasteiger partial charge in [-0.2, -0.15) is 5.11 Å². The second-order valence-electron chi connectivity index (χ2n) is 4.06. The van der Waals surface area contributed by atoms with Gasteiger partial charge in [-0.15, -0.1) is 0 Å². The van der Waals surface area contributed by atoms with Crippen molar-refractivity contribution in [1.29, 1.82) is 5.53 Å². The molecule has 0 spiro atoms. The van der Waals surface area contributed by atoms with Crippen LogP contribution in [-0.4, -0.2) is 10.1 Å². The zero-order valence-electron chi connectivity index (χ0n) is 9.51. The number of fused-ring (bicyclic) bond motifs is 1. The smallest absolute Gasteiger partial charge is 0.218 e. The number of nitrogens with zero attached hydrogens (tertiary/aromatic N) is 1. The molecule has 0 aliphatic rings. The van der Waals surface area contributed by atoms with Crippen LogP contribution in [0.1, 0.15) is 0 Å². The van der Waals surface area contributed by atoms with Crippen LogP contribution in [0, 0.1) is 5.53 Å². The molecule has 88 valence electrons. The highest BCUT2D eigenvalue weighted by molar-refractivity contribution is 5.96. The molecule has 4 nitrogen and oxygen atoms in total. The predicted molar refractivity (Wildman–Crippen MR) is 70.2 cm³/mol. The number of benzene rings is 2. The summed E-state index contributed by atoms with van der Waals surface area (Å²) in [6.45, 7) is 0. The van der Waals surface area contributed by atoms with Gasteiger partial charge < -0.3 is 10.1 Å². The highest BCUT2D eigenvalue weighted by atomic mass is 16.3. The van der Waals surface area contributed by atoms with E-state index in [0.717, 1.165) is 22.0 Å². The SMILES string of the molecule is N=Nc1c(O)[nH]c2ccc(-c3ccccc3)cc12. The van der Waals surface area contributed by atoms with Crippen LogP contribution in [0.5, 0.6) is 5.88 Å². The maximum absolute atomic E-state index is 9.63. The summed E-state index contributed by atoms with van der Waals surface area (Å²) in [6.07, 6.45) is 0. The molecule has 3 N–H and O–H groups in total. The predicted octanol–water partition coefficient (Wildman–Crippen LogP) is 4.20. The third-order valence-electron chi connectivity index (χ3n) is 2.97. The summed E-state index contributed by atoms with van der Waals surface area (Å²) in [5.41, 5.74) is 10.3. The maximum Gasteiger partial charge on any atom is 0.218 e. The quantitative estimate of drug-likeness (QED) is 0.574. The molecule has 4 heteroatoms. The minimum atomic E-state index is -0.0646. The lowest BCUT2D eigenvalue weighted by molar-refractivity contribution is 0.459. The highest BCUT2D eigenvalue weighted by Crippen LogP contribution is 2.37. The largest absolute Gasteiger partial charge is 0.493 e. The molecule has 0 bridgehead atoms. The number of aromatic amines is 1. The standard InChI is InChI=1S/C14H11N3O/c15-17-13-11-8-10(9-4-2-1-3-5-9)6-7-12(11)16-14(13)18/h1-8,15-16,18H. The van der Waals surface area contributed by atoms with Gasteiger partial charge in [0.1, 0.15) is 0 Å². The van der Waals surface area contributed by atoms with Gasteiger partial charge in [-0.1, -0.05) is 36.4 Å². The fourth-order valence-electron chi connectivity index (χ4n) is 2.09. The molecule has 0 atom stereocenters. The van der Waals surface area contributed by atoms with Crippen LogP contribution in [0.15, 0.2) is 53.6 Å². The number of H-pyrrole nitrogens is 1. The molecule has 1 heterocycles. The highest BCUT2D eigenvalue weighted by Gasteiger charge is 2.10. The van der Waals surface area contributed by atoms with Gasteiger partial charge in [0.05, 0.1) is 5.52 Å². The van der Waals surface area contributed by atoms with Gasteiger partial charge in [0.25, 0.3) is 0 Å². The molecule has 18 heavy (non-hydrogen) atoms. The van der Waals surface area contributed by atoms with Gasteiger partial charge in [-0.25, -0.2) is 5.53 Å². The second-order valence-corrected chi connectivity index (χ2v) is 4.06. The van der Waals surface area contributed by atoms with E-state index in [-0.39, 0.29) is 11.6 Å². The van der Waals surface area contributed by atoms with Crippen molar-refractivity contribution in [2.75, 3.05) is 0 Å². The minimum Gasteiger partial charge on any atom is -0.493 e. The molecule has 0 amide bonds. The van der Waals surface area contributed by atoms with Crippen molar-refractivity contribution in [2.24, 2.45) is 5.11 Å². The lowest BCUT2D eigenvalue weighted by Gasteiger charge is -2.01. The Hall–Kier alpha value is -2.62. The Kier molecular flexibility index (Phi) is 2.34. The van der Waals surface area contributed by atoms with E-state index in [2.05, 4.69) is 10.1 Å². The number of aromatic nitrogens is 1. The summed E-state index contributed by atoms with van der Waals surface area (Å²) in [6, 6.07) is 15.7. The molecule has 0 radical (unpaired) electrons. The molecule has 2 aromatic carbocycles. The summed E-state index contributed by atoms with van der Waals surface area (Å²) in [5, 5.41) is 13.7. The monoisotopic (exact) mass is 237 g/mol. The summed E-state index contributed by atoms with van der Waals surface area (Å²) in [7, 11) is 0. The molecule has 0 fully saturated rings. The number of rotatable bonds is 2. The first-order chi connectivity index (χ1) is 8.79. The lowest BCUT2D eigenvalue weighted by Crippen LogP contribution is -1.76. The molecule has 0 saturated heterocycles. The van der Waals surface area contributed by atoms with Gasteiger partial charge in [0.15, 0.2) is 5.69 Å². The second kappa shape index (κ2) is 4.00. The van der Waals surface area contributed by atoms with E-state index in [1.807, 2.05) is 48.5 Å². The topological polar surface area (TPSA) is 72.2 Å². The van der Waals surface area contributed by atoms with Crippen LogP contribution in [-0.2, 0) is 0 Å². The lowest BCUT2D eigenvalue weighted by atomic mass is 10.0. The number of hydrogen-bond donors (Lipinski definition) is 3. The number of aromatic hydroxyl groups is 1. The van der Waals surface area contributed by atoms with Crippen LogP contribution in [0.2, 0.25) is 0 Å². The van der Waals surface area contributed by atoms with Crippen LogP contribution >= 0.6 is 0 Å². The van der Waals surface area contributed by atoms with Gasteiger partial charge in [-0.05, 0) is 23.3 Å². The Morgan fingerprint density at radius 3 is 2.50 bits per heavy atom. The van der Waals surface area contributed by atoms with E-state index >= 15 is 0 Å². The third kappa shape index (κ3) is 1.55. The van der Waals surface area contributed by atoms with Crippen molar-refractivity contribution in [3.8, 4) is 17.0 Å². The Morgan fingerprint density at radius 1 is 1.00 bits per heavy atom. The van der Waals surface area contributed by atoms with E-state index in [4.69, 9.17) is 5.53 Å². The molecule has 0 aliphatic carbocycles. The Labute approximate surface area is 103 Å². The van der Waals surface area contributed by atoms with Crippen molar-refractivity contribution in [2.45, 2.75) is 0 Å². The Morgan fingerprint density at radius 2 is 1.78 bits per heavy atom. The van der Waals surface area contributed by atoms with Crippen molar-refractivity contribution in [3.05, 3.63) is 48.5 Å². The summed E-state index contributed by atoms with van der Waals surface area (Å²) < 4.78 is 0. The van der Waals surface area contributed by atoms with E-state index in [9.17, 15) is 5.11 Å². The first kappa shape index (κ1) is 10.5. The van der Waals surface area contributed by atoms with Crippen molar-refractivity contribution in [3.63, 3.8) is 0 Å². The number of hydrogen-bond acceptors (Lipinski definition) is 3. The fraction of sp³-hybridized carbons (Fsp3) is 0. The summed E-state index contributed by atoms with van der Waals surface area (Å²) >= 11 is 0. The first-order valence-electron chi connectivity index (χ1n) is 5.57. The average Bonchev–Trinajstić information content (AvgIpc) is 2.74. The molecule has 1 aromatic heterocycles. The third-order valence-corrected chi connectivity index (χ3v) is 2.97. The van der Waals surface area contributed by atoms with Crippen LogP contribution in [0.25, 0.3) is 22.0 Å². The molecular weight excluding hydrogens is 226 g/mol. The van der Waals surface area contributed by atoms with Gasteiger partial charge in [0, 0.05) is 5.39 Å². The van der Waals surface area contributed by atoms with E-state index < -0.39 is 0 Å². The maximum atomic E-state index is 9.63. The molecule has 0 aliphatic heterocycles. The van der Waals surface area contributed by atoms with Crippen molar-refractivity contribution >= 4 is 16.6 Å². The number of nitrogens with one attached hydrogen (secondary N) is 2. The van der Waals surface area contributed by atoms with E-state index in [1.165, 1.54) is 0 Å². The molecule has 0 unspecified atom stereocenters. The Balaban J connectivity index is 2.25. The van der Waals surface area contributed by atoms with Crippen LogP contribution < -0.4 is 0 Å². The summed E-state index contributed by atoms with van der Waals surface area (Å²) in [4.78, 5) is 2.80. The molecule has 0 saturated carbocycles. The molecular formula is C14H11N3O. The normalized spacial score (nSPS) is 10.7. The average molecular weight is 237 g/mol. The molecule has 3 rings (SSSR count). The van der Waals surface area contributed by atoms with Crippen LogP contribution in [0.3, 0.4) is 0 Å². The Bertz CT molecular complexity index is 716. The van der Waals surface area contributed by atoms with Gasteiger partial charge in [-0.3, -0.25) is 0 Å².